The summed E-state index contributed by atoms with van der Waals surface area (Å²) in [5.41, 5.74) is 13.2. The van der Waals surface area contributed by atoms with Crippen LogP contribution in [0.3, 0.4) is 0 Å². The summed E-state index contributed by atoms with van der Waals surface area (Å²) in [6.07, 6.45) is 0. The molecule has 0 radical (unpaired) electrons. The highest BCUT2D eigenvalue weighted by atomic mass is 16.3. The van der Waals surface area contributed by atoms with Crippen LogP contribution in [0, 0.1) is 0 Å². The standard InChI is InChI=1S/C57H35N5O/c1-3-15-36(16-4-1)41-30-27-38(56-58-55(37-17-5-2-6-18-37)59-57(60-56)39-28-31-47-46-22-10-14-26-53(46)63-54(47)34-39)33-51(41)62-50-25-13-9-21-44(50)45-32-29-40(35-52(45)62)61-48-23-11-7-19-42(48)43-20-8-12-24-49(43)61/h1-35H. The van der Waals surface area contributed by atoms with Crippen LogP contribution in [0.5, 0.6) is 0 Å². The van der Waals surface area contributed by atoms with Crippen LogP contribution in [0.2, 0.25) is 0 Å². The van der Waals surface area contributed by atoms with E-state index in [2.05, 4.69) is 167 Å². The van der Waals surface area contributed by atoms with Gasteiger partial charge in [-0.3, -0.25) is 0 Å². The molecule has 13 aromatic rings. The predicted octanol–water partition coefficient (Wildman–Crippen LogP) is 14.6. The van der Waals surface area contributed by atoms with E-state index < -0.39 is 0 Å². The molecule has 63 heavy (non-hydrogen) atoms. The Balaban J connectivity index is 1.06. The number of hydrogen-bond donors (Lipinski definition) is 0. The lowest BCUT2D eigenvalue weighted by molar-refractivity contribution is 0.669. The average molecular weight is 806 g/mol. The largest absolute Gasteiger partial charge is 0.456 e. The minimum absolute atomic E-state index is 0.572. The third-order valence-corrected chi connectivity index (χ3v) is 12.4. The SMILES string of the molecule is c1ccc(-c2nc(-c3ccc(-c4ccccc4)c(-n4c5ccccc5c5ccc(-n6c7ccccc7c7ccccc76)cc54)c3)nc(-c3ccc4c(c3)oc3ccccc34)n2)cc1. The van der Waals surface area contributed by atoms with Gasteiger partial charge < -0.3 is 13.6 Å². The van der Waals surface area contributed by atoms with Gasteiger partial charge in [0.05, 0.1) is 27.8 Å². The number of nitrogens with zero attached hydrogens (tertiary/aromatic N) is 5. The molecule has 0 fully saturated rings. The molecule has 6 heteroatoms. The number of furan rings is 1. The maximum Gasteiger partial charge on any atom is 0.164 e. The van der Waals surface area contributed by atoms with Crippen molar-refractivity contribution in [3.05, 3.63) is 212 Å². The Bertz CT molecular complexity index is 3860. The Hall–Kier alpha value is -8.61. The van der Waals surface area contributed by atoms with Gasteiger partial charge in [0.15, 0.2) is 17.5 Å². The summed E-state index contributed by atoms with van der Waals surface area (Å²) in [4.78, 5) is 15.5. The highest BCUT2D eigenvalue weighted by Gasteiger charge is 2.21. The second-order valence-electron chi connectivity index (χ2n) is 16.0. The van der Waals surface area contributed by atoms with E-state index in [1.807, 2.05) is 54.6 Å². The number of rotatable bonds is 6. The van der Waals surface area contributed by atoms with Crippen LogP contribution < -0.4 is 0 Å². The predicted molar refractivity (Wildman–Crippen MR) is 258 cm³/mol. The Kier molecular flexibility index (Phi) is 7.80. The summed E-state index contributed by atoms with van der Waals surface area (Å²) in [5, 5.41) is 6.96. The molecule has 4 aromatic heterocycles. The molecule has 0 amide bonds. The van der Waals surface area contributed by atoms with Gasteiger partial charge in [-0.1, -0.05) is 158 Å². The average Bonchev–Trinajstić information content (AvgIpc) is 4.01. The number of hydrogen-bond acceptors (Lipinski definition) is 4. The van der Waals surface area contributed by atoms with Gasteiger partial charge in [0, 0.05) is 60.3 Å². The third-order valence-electron chi connectivity index (χ3n) is 12.4. The highest BCUT2D eigenvalue weighted by molar-refractivity contribution is 6.12. The van der Waals surface area contributed by atoms with Crippen molar-refractivity contribution in [1.82, 2.24) is 24.1 Å². The zero-order chi connectivity index (χ0) is 41.4. The molecule has 13 rings (SSSR count). The summed E-state index contributed by atoms with van der Waals surface area (Å²) in [7, 11) is 0. The van der Waals surface area contributed by atoms with Crippen LogP contribution in [0.15, 0.2) is 217 Å². The van der Waals surface area contributed by atoms with Gasteiger partial charge in [-0.2, -0.15) is 0 Å². The molecule has 0 aliphatic heterocycles. The molecular weight excluding hydrogens is 771 g/mol. The van der Waals surface area contributed by atoms with Crippen LogP contribution >= 0.6 is 0 Å². The minimum atomic E-state index is 0.572. The molecule has 0 N–H and O–H groups in total. The van der Waals surface area contributed by atoms with E-state index in [9.17, 15) is 0 Å². The molecule has 0 atom stereocenters. The molecule has 0 saturated carbocycles. The van der Waals surface area contributed by atoms with Crippen LogP contribution in [0.4, 0.5) is 0 Å². The Morgan fingerprint density at radius 3 is 1.44 bits per heavy atom. The van der Waals surface area contributed by atoms with Crippen molar-refractivity contribution in [2.24, 2.45) is 0 Å². The molecule has 294 valence electrons. The second-order valence-corrected chi connectivity index (χ2v) is 16.0. The molecule has 0 bridgehead atoms. The maximum atomic E-state index is 6.33. The van der Waals surface area contributed by atoms with Gasteiger partial charge in [-0.05, 0) is 60.2 Å². The molecule has 6 nitrogen and oxygen atoms in total. The van der Waals surface area contributed by atoms with E-state index in [0.29, 0.717) is 17.5 Å². The van der Waals surface area contributed by atoms with E-state index in [1.165, 1.54) is 32.6 Å². The van der Waals surface area contributed by atoms with E-state index >= 15 is 0 Å². The molecule has 9 aromatic carbocycles. The summed E-state index contributed by atoms with van der Waals surface area (Å²) in [6, 6.07) is 74.6. The highest BCUT2D eigenvalue weighted by Crippen LogP contribution is 2.41. The van der Waals surface area contributed by atoms with Crippen molar-refractivity contribution in [3.63, 3.8) is 0 Å². The van der Waals surface area contributed by atoms with Crippen LogP contribution in [0.25, 0.3) is 122 Å². The van der Waals surface area contributed by atoms with Crippen molar-refractivity contribution >= 4 is 65.6 Å². The quantitative estimate of drug-likeness (QED) is 0.168. The number of para-hydroxylation sites is 4. The van der Waals surface area contributed by atoms with Gasteiger partial charge in [0.25, 0.3) is 0 Å². The van der Waals surface area contributed by atoms with Crippen molar-refractivity contribution in [3.8, 4) is 56.7 Å². The monoisotopic (exact) mass is 805 g/mol. The first-order chi connectivity index (χ1) is 31.2. The van der Waals surface area contributed by atoms with Crippen molar-refractivity contribution < 1.29 is 4.42 Å². The molecule has 0 unspecified atom stereocenters. The summed E-state index contributed by atoms with van der Waals surface area (Å²) in [6.45, 7) is 0. The molecule has 0 spiro atoms. The van der Waals surface area contributed by atoms with Crippen LogP contribution in [0.1, 0.15) is 0 Å². The zero-order valence-electron chi connectivity index (χ0n) is 33.9. The van der Waals surface area contributed by atoms with Gasteiger partial charge in [0.1, 0.15) is 11.2 Å². The summed E-state index contributed by atoms with van der Waals surface area (Å²) >= 11 is 0. The van der Waals surface area contributed by atoms with E-state index in [0.717, 1.165) is 72.2 Å². The van der Waals surface area contributed by atoms with Crippen molar-refractivity contribution in [2.75, 3.05) is 0 Å². The Labute approximate surface area is 361 Å². The number of benzene rings is 9. The fourth-order valence-electron chi connectivity index (χ4n) is 9.49. The molecule has 4 heterocycles. The minimum Gasteiger partial charge on any atom is -0.456 e. The van der Waals surface area contributed by atoms with E-state index in [1.54, 1.807) is 0 Å². The lowest BCUT2D eigenvalue weighted by atomic mass is 10.0. The summed E-state index contributed by atoms with van der Waals surface area (Å²) in [5.74, 6) is 1.75. The zero-order valence-corrected chi connectivity index (χ0v) is 33.9. The van der Waals surface area contributed by atoms with Crippen molar-refractivity contribution in [2.45, 2.75) is 0 Å². The Morgan fingerprint density at radius 1 is 0.302 bits per heavy atom. The number of fused-ring (bicyclic) bond motifs is 9. The Morgan fingerprint density at radius 2 is 0.778 bits per heavy atom. The second kappa shape index (κ2) is 14.0. The fraction of sp³-hybridized carbons (Fsp3) is 0. The van der Waals surface area contributed by atoms with Gasteiger partial charge in [0.2, 0.25) is 0 Å². The summed E-state index contributed by atoms with van der Waals surface area (Å²) < 4.78 is 11.1. The van der Waals surface area contributed by atoms with Crippen LogP contribution in [-0.4, -0.2) is 24.1 Å². The van der Waals surface area contributed by atoms with Gasteiger partial charge in [-0.15, -0.1) is 0 Å². The first kappa shape index (κ1) is 35.2. The first-order valence-electron chi connectivity index (χ1n) is 21.2. The topological polar surface area (TPSA) is 61.7 Å². The molecule has 0 aliphatic rings. The lowest BCUT2D eigenvalue weighted by Crippen LogP contribution is -2.02. The van der Waals surface area contributed by atoms with Crippen molar-refractivity contribution in [1.29, 1.82) is 0 Å². The normalized spacial score (nSPS) is 11.8. The molecular formula is C57H35N5O. The smallest absolute Gasteiger partial charge is 0.164 e. The lowest BCUT2D eigenvalue weighted by Gasteiger charge is -2.17. The van der Waals surface area contributed by atoms with Gasteiger partial charge in [-0.25, -0.2) is 15.0 Å². The third kappa shape index (κ3) is 5.62. The number of aromatic nitrogens is 5. The molecule has 0 saturated heterocycles. The van der Waals surface area contributed by atoms with Gasteiger partial charge >= 0.3 is 0 Å². The van der Waals surface area contributed by atoms with E-state index in [4.69, 9.17) is 19.4 Å². The van der Waals surface area contributed by atoms with Crippen LogP contribution in [-0.2, 0) is 0 Å². The first-order valence-corrected chi connectivity index (χ1v) is 21.2. The van der Waals surface area contributed by atoms with E-state index in [-0.39, 0.29) is 0 Å². The fourth-order valence-corrected chi connectivity index (χ4v) is 9.49. The molecule has 0 aliphatic carbocycles. The maximum absolute atomic E-state index is 6.33.